The van der Waals surface area contributed by atoms with Crippen molar-refractivity contribution in [2.24, 2.45) is 5.41 Å². The standard InChI is InChI=1S/C13H15NO3/c1-16-12(15)9-2-3-11-10(6-9)14-7-13(4-5-13)8-17-11/h2-3,6,14H,4-5,7-8H2,1H3. The smallest absolute Gasteiger partial charge is 0.337 e. The minimum Gasteiger partial charge on any atom is -0.491 e. The number of carbonyl (C=O) groups excluding carboxylic acids is 1. The molecule has 1 aliphatic carbocycles. The van der Waals surface area contributed by atoms with Crippen molar-refractivity contribution < 1.29 is 14.3 Å². The minimum absolute atomic E-state index is 0.319. The Kier molecular flexibility index (Phi) is 2.24. The van der Waals surface area contributed by atoms with Crippen molar-refractivity contribution in [3.05, 3.63) is 23.8 Å². The maximum absolute atomic E-state index is 11.4. The summed E-state index contributed by atoms with van der Waals surface area (Å²) in [4.78, 5) is 11.4. The van der Waals surface area contributed by atoms with Crippen molar-refractivity contribution in [3.63, 3.8) is 0 Å². The summed E-state index contributed by atoms with van der Waals surface area (Å²) in [5.41, 5.74) is 1.76. The molecule has 4 heteroatoms. The van der Waals surface area contributed by atoms with Gasteiger partial charge in [0.15, 0.2) is 0 Å². The van der Waals surface area contributed by atoms with E-state index < -0.39 is 0 Å². The number of ether oxygens (including phenoxy) is 2. The predicted molar refractivity (Wildman–Crippen MR) is 63.4 cm³/mol. The van der Waals surface area contributed by atoms with Crippen LogP contribution in [0.25, 0.3) is 0 Å². The molecule has 0 atom stereocenters. The highest BCUT2D eigenvalue weighted by Crippen LogP contribution is 2.48. The van der Waals surface area contributed by atoms with Gasteiger partial charge < -0.3 is 14.8 Å². The molecule has 0 amide bonds. The molecule has 1 aromatic rings. The summed E-state index contributed by atoms with van der Waals surface area (Å²) in [5.74, 6) is 0.501. The third-order valence-corrected chi connectivity index (χ3v) is 3.55. The van der Waals surface area contributed by atoms with Crippen molar-refractivity contribution in [2.45, 2.75) is 12.8 Å². The number of nitrogens with one attached hydrogen (secondary N) is 1. The highest BCUT2D eigenvalue weighted by Gasteiger charge is 2.44. The van der Waals surface area contributed by atoms with Gasteiger partial charge in [0.05, 0.1) is 25.0 Å². The second kappa shape index (κ2) is 3.65. The van der Waals surface area contributed by atoms with E-state index in [1.165, 1.54) is 20.0 Å². The number of hydrogen-bond acceptors (Lipinski definition) is 4. The van der Waals surface area contributed by atoms with E-state index >= 15 is 0 Å². The topological polar surface area (TPSA) is 47.6 Å². The third kappa shape index (κ3) is 1.84. The van der Waals surface area contributed by atoms with Crippen LogP contribution in [0.3, 0.4) is 0 Å². The average Bonchev–Trinajstić information content (AvgIpc) is 3.16. The largest absolute Gasteiger partial charge is 0.491 e. The van der Waals surface area contributed by atoms with Gasteiger partial charge in [-0.1, -0.05) is 0 Å². The molecule has 0 radical (unpaired) electrons. The fraction of sp³-hybridized carbons (Fsp3) is 0.462. The maximum Gasteiger partial charge on any atom is 0.337 e. The van der Waals surface area contributed by atoms with Gasteiger partial charge in [0.25, 0.3) is 0 Å². The van der Waals surface area contributed by atoms with Crippen molar-refractivity contribution >= 4 is 11.7 Å². The van der Waals surface area contributed by atoms with Crippen molar-refractivity contribution in [1.82, 2.24) is 0 Å². The lowest BCUT2D eigenvalue weighted by Crippen LogP contribution is -2.18. The van der Waals surface area contributed by atoms with E-state index in [0.29, 0.717) is 11.0 Å². The SMILES string of the molecule is COC(=O)c1ccc2c(c1)NCC1(CC1)CO2. The number of rotatable bonds is 1. The Labute approximate surface area is 99.9 Å². The zero-order chi connectivity index (χ0) is 11.9. The van der Waals surface area contributed by atoms with Crippen LogP contribution in [0, 0.1) is 5.41 Å². The van der Waals surface area contributed by atoms with E-state index in [9.17, 15) is 4.79 Å². The van der Waals surface area contributed by atoms with Crippen LogP contribution in [0.5, 0.6) is 5.75 Å². The second-order valence-electron chi connectivity index (χ2n) is 4.84. The minimum atomic E-state index is -0.319. The van der Waals surface area contributed by atoms with Crippen molar-refractivity contribution in [2.75, 3.05) is 25.6 Å². The zero-order valence-electron chi connectivity index (χ0n) is 9.79. The van der Waals surface area contributed by atoms with Gasteiger partial charge >= 0.3 is 5.97 Å². The van der Waals surface area contributed by atoms with Crippen LogP contribution in [-0.4, -0.2) is 26.2 Å². The van der Waals surface area contributed by atoms with Crippen LogP contribution < -0.4 is 10.1 Å². The Morgan fingerprint density at radius 2 is 2.29 bits per heavy atom. The van der Waals surface area contributed by atoms with Crippen LogP contribution in [0.1, 0.15) is 23.2 Å². The van der Waals surface area contributed by atoms with E-state index in [0.717, 1.165) is 24.6 Å². The van der Waals surface area contributed by atoms with E-state index in [1.54, 1.807) is 12.1 Å². The number of anilines is 1. The molecule has 1 fully saturated rings. The first-order valence-corrected chi connectivity index (χ1v) is 5.82. The first-order valence-electron chi connectivity index (χ1n) is 5.82. The van der Waals surface area contributed by atoms with E-state index in [1.807, 2.05) is 6.07 Å². The van der Waals surface area contributed by atoms with Crippen LogP contribution in [0.15, 0.2) is 18.2 Å². The lowest BCUT2D eigenvalue weighted by molar-refractivity contribution is 0.0601. The number of benzene rings is 1. The number of hydrogen-bond donors (Lipinski definition) is 1. The molecule has 4 nitrogen and oxygen atoms in total. The van der Waals surface area contributed by atoms with Crippen molar-refractivity contribution in [1.29, 1.82) is 0 Å². The molecular formula is C13H15NO3. The molecule has 1 N–H and O–H groups in total. The number of fused-ring (bicyclic) bond motifs is 1. The molecule has 1 heterocycles. The van der Waals surface area contributed by atoms with Gasteiger partial charge in [-0.05, 0) is 31.0 Å². The van der Waals surface area contributed by atoms with E-state index in [2.05, 4.69) is 5.32 Å². The lowest BCUT2D eigenvalue weighted by Gasteiger charge is -2.09. The summed E-state index contributed by atoms with van der Waals surface area (Å²) >= 11 is 0. The van der Waals surface area contributed by atoms with Crippen LogP contribution >= 0.6 is 0 Å². The number of esters is 1. The van der Waals surface area contributed by atoms with Gasteiger partial charge in [0.2, 0.25) is 0 Å². The molecule has 1 saturated carbocycles. The molecule has 0 unspecified atom stereocenters. The third-order valence-electron chi connectivity index (χ3n) is 3.55. The molecule has 17 heavy (non-hydrogen) atoms. The highest BCUT2D eigenvalue weighted by molar-refractivity contribution is 5.91. The zero-order valence-corrected chi connectivity index (χ0v) is 9.79. The van der Waals surface area contributed by atoms with Gasteiger partial charge in [0.1, 0.15) is 5.75 Å². The summed E-state index contributed by atoms with van der Waals surface area (Å²) in [5, 5.41) is 3.36. The molecule has 1 aliphatic heterocycles. The van der Waals surface area contributed by atoms with Crippen LogP contribution in [-0.2, 0) is 4.74 Å². The Bertz CT molecular complexity index is 466. The Hall–Kier alpha value is -1.71. The molecule has 1 spiro atoms. The summed E-state index contributed by atoms with van der Waals surface area (Å²) in [6, 6.07) is 5.36. The fourth-order valence-electron chi connectivity index (χ4n) is 2.10. The van der Waals surface area contributed by atoms with Gasteiger partial charge in [-0.25, -0.2) is 4.79 Å². The summed E-state index contributed by atoms with van der Waals surface area (Å²) in [7, 11) is 1.39. The molecule has 0 bridgehead atoms. The maximum atomic E-state index is 11.4. The molecule has 2 aliphatic rings. The first kappa shape index (κ1) is 10.4. The van der Waals surface area contributed by atoms with Gasteiger partial charge in [-0.3, -0.25) is 0 Å². The summed E-state index contributed by atoms with van der Waals surface area (Å²) < 4.78 is 10.5. The average molecular weight is 233 g/mol. The number of carbonyl (C=O) groups is 1. The van der Waals surface area contributed by atoms with Gasteiger partial charge in [0, 0.05) is 12.0 Å². The lowest BCUT2D eigenvalue weighted by atomic mass is 10.1. The first-order chi connectivity index (χ1) is 8.22. The predicted octanol–water partition coefficient (Wildman–Crippen LogP) is 2.06. The van der Waals surface area contributed by atoms with Crippen LogP contribution in [0.2, 0.25) is 0 Å². The van der Waals surface area contributed by atoms with Crippen LogP contribution in [0.4, 0.5) is 5.69 Å². The quantitative estimate of drug-likeness (QED) is 0.754. The van der Waals surface area contributed by atoms with Gasteiger partial charge in [-0.2, -0.15) is 0 Å². The second-order valence-corrected chi connectivity index (χ2v) is 4.84. The van der Waals surface area contributed by atoms with Gasteiger partial charge in [-0.15, -0.1) is 0 Å². The molecule has 1 aromatic carbocycles. The summed E-state index contributed by atoms with van der Waals surface area (Å²) in [6.07, 6.45) is 2.44. The Morgan fingerprint density at radius 1 is 1.47 bits per heavy atom. The molecule has 0 saturated heterocycles. The Morgan fingerprint density at radius 3 is 3.00 bits per heavy atom. The molecule has 0 aromatic heterocycles. The monoisotopic (exact) mass is 233 g/mol. The molecule has 3 rings (SSSR count). The van der Waals surface area contributed by atoms with E-state index in [-0.39, 0.29) is 5.97 Å². The summed E-state index contributed by atoms with van der Waals surface area (Å²) in [6.45, 7) is 1.69. The normalized spacial score (nSPS) is 19.6. The Balaban J connectivity index is 1.88. The fourth-order valence-corrected chi connectivity index (χ4v) is 2.10. The molecule has 90 valence electrons. The van der Waals surface area contributed by atoms with E-state index in [4.69, 9.17) is 9.47 Å². The molecular weight excluding hydrogens is 218 g/mol. The highest BCUT2D eigenvalue weighted by atomic mass is 16.5. The van der Waals surface area contributed by atoms with Crippen molar-refractivity contribution in [3.8, 4) is 5.75 Å². The number of methoxy groups -OCH3 is 1.